The lowest BCUT2D eigenvalue weighted by molar-refractivity contribution is -0.210. The minimum Gasteiger partial charge on any atom is -0.496 e. The van der Waals surface area contributed by atoms with E-state index in [9.17, 15) is 22.8 Å². The molecule has 24 heavy (non-hydrogen) atoms. The van der Waals surface area contributed by atoms with Crippen LogP contribution in [0.25, 0.3) is 0 Å². The third kappa shape index (κ3) is 2.79. The van der Waals surface area contributed by atoms with Crippen molar-refractivity contribution in [2.45, 2.75) is 24.9 Å². The number of carbonyl (C=O) groups is 2. The molecule has 0 aliphatic carbocycles. The summed E-state index contributed by atoms with van der Waals surface area (Å²) < 4.78 is 47.1. The van der Waals surface area contributed by atoms with Crippen LogP contribution in [0, 0.1) is 0 Å². The van der Waals surface area contributed by atoms with Gasteiger partial charge < -0.3 is 14.4 Å². The summed E-state index contributed by atoms with van der Waals surface area (Å²) in [6.45, 7) is 0.531. The molecule has 2 heterocycles. The van der Waals surface area contributed by atoms with Gasteiger partial charge in [0.2, 0.25) is 0 Å². The summed E-state index contributed by atoms with van der Waals surface area (Å²) in [5.74, 6) is -2.20. The Balaban J connectivity index is 1.90. The number of ether oxygens (including phenoxy) is 2. The average Bonchev–Trinajstić information content (AvgIpc) is 2.54. The zero-order valence-corrected chi connectivity index (χ0v) is 12.7. The summed E-state index contributed by atoms with van der Waals surface area (Å²) in [5, 5.41) is 2.73. The van der Waals surface area contributed by atoms with Crippen molar-refractivity contribution in [3.8, 4) is 5.75 Å². The molecule has 1 amide bonds. The van der Waals surface area contributed by atoms with Crippen molar-refractivity contribution in [2.24, 2.45) is 0 Å². The quantitative estimate of drug-likeness (QED) is 0.814. The Morgan fingerprint density at radius 3 is 2.79 bits per heavy atom. The Morgan fingerprint density at radius 1 is 1.38 bits per heavy atom. The van der Waals surface area contributed by atoms with Crippen molar-refractivity contribution in [3.63, 3.8) is 0 Å². The van der Waals surface area contributed by atoms with E-state index in [1.54, 1.807) is 18.2 Å². The number of fused-ring (bicyclic) bond motifs is 2. The molecule has 1 aromatic carbocycles. The first-order chi connectivity index (χ1) is 11.3. The third-order valence-electron chi connectivity index (χ3n) is 4.15. The van der Waals surface area contributed by atoms with E-state index in [0.717, 1.165) is 0 Å². The van der Waals surface area contributed by atoms with Crippen molar-refractivity contribution in [1.82, 2.24) is 10.2 Å². The first-order valence-corrected chi connectivity index (χ1v) is 7.31. The van der Waals surface area contributed by atoms with E-state index in [1.807, 2.05) is 0 Å². The van der Waals surface area contributed by atoms with E-state index in [-0.39, 0.29) is 18.9 Å². The molecular weight excluding hydrogens is 329 g/mol. The summed E-state index contributed by atoms with van der Waals surface area (Å²) in [4.78, 5) is 25.3. The van der Waals surface area contributed by atoms with Gasteiger partial charge in [-0.15, -0.1) is 0 Å². The van der Waals surface area contributed by atoms with Crippen LogP contribution in [0.2, 0.25) is 0 Å². The van der Waals surface area contributed by atoms with Crippen molar-refractivity contribution < 1.29 is 32.2 Å². The molecule has 2 atom stereocenters. The van der Waals surface area contributed by atoms with Crippen molar-refractivity contribution in [2.75, 3.05) is 20.2 Å². The summed E-state index contributed by atoms with van der Waals surface area (Å²) in [6, 6.07) is 4.37. The van der Waals surface area contributed by atoms with Gasteiger partial charge in [-0.05, 0) is 18.1 Å². The molecule has 1 saturated heterocycles. The predicted molar refractivity (Wildman–Crippen MR) is 75.5 cm³/mol. The number of piperazine rings is 1. The van der Waals surface area contributed by atoms with Gasteiger partial charge in [-0.2, -0.15) is 13.2 Å². The predicted octanol–water partition coefficient (Wildman–Crippen LogP) is 1.10. The highest BCUT2D eigenvalue weighted by atomic mass is 19.4. The molecule has 9 heteroatoms. The number of alkyl halides is 3. The number of rotatable bonds is 2. The van der Waals surface area contributed by atoms with Gasteiger partial charge in [0.15, 0.2) is 6.23 Å². The smallest absolute Gasteiger partial charge is 0.490 e. The molecule has 2 unspecified atom stereocenters. The van der Waals surface area contributed by atoms with Gasteiger partial charge >= 0.3 is 12.1 Å². The number of hydrogen-bond donors (Lipinski definition) is 1. The molecule has 0 spiro atoms. The number of esters is 1. The maximum absolute atomic E-state index is 12.7. The number of nitrogens with one attached hydrogen (secondary N) is 1. The second kappa shape index (κ2) is 5.97. The van der Waals surface area contributed by atoms with E-state index < -0.39 is 24.4 Å². The number of hydrogen-bond acceptors (Lipinski definition) is 5. The number of methoxy groups -OCH3 is 1. The van der Waals surface area contributed by atoms with Crippen LogP contribution in [0.5, 0.6) is 5.75 Å². The maximum atomic E-state index is 12.7. The van der Waals surface area contributed by atoms with Crippen LogP contribution >= 0.6 is 0 Å². The van der Waals surface area contributed by atoms with Crippen LogP contribution in [-0.2, 0) is 16.0 Å². The summed E-state index contributed by atoms with van der Waals surface area (Å²) in [7, 11) is 1.45. The lowest BCUT2D eigenvalue weighted by Crippen LogP contribution is -2.63. The SMILES string of the molecule is COc1cccc2c1C(=O)N1CCNC(OC(=O)C(F)(F)F)C1C2. The highest BCUT2D eigenvalue weighted by Crippen LogP contribution is 2.33. The standard InChI is InChI=1S/C15H15F3N2O4/c1-23-10-4-2-3-8-7-9-12(24-14(22)15(16,17)18)19-5-6-20(9)13(21)11(8)10/h2-4,9,12,19H,5-7H2,1H3. The highest BCUT2D eigenvalue weighted by Gasteiger charge is 2.47. The second-order valence-corrected chi connectivity index (χ2v) is 5.54. The molecule has 0 radical (unpaired) electrons. The topological polar surface area (TPSA) is 67.9 Å². The summed E-state index contributed by atoms with van der Waals surface area (Å²) >= 11 is 0. The van der Waals surface area contributed by atoms with E-state index in [1.165, 1.54) is 12.0 Å². The van der Waals surface area contributed by atoms with E-state index in [4.69, 9.17) is 4.74 Å². The number of halogens is 3. The second-order valence-electron chi connectivity index (χ2n) is 5.54. The zero-order valence-electron chi connectivity index (χ0n) is 12.7. The van der Waals surface area contributed by atoms with Crippen LogP contribution in [0.3, 0.4) is 0 Å². The molecule has 0 bridgehead atoms. The van der Waals surface area contributed by atoms with Crippen LogP contribution in [-0.4, -0.2) is 55.4 Å². The third-order valence-corrected chi connectivity index (χ3v) is 4.15. The van der Waals surface area contributed by atoms with Crippen LogP contribution < -0.4 is 10.1 Å². The normalized spacial score (nSPS) is 23.3. The molecule has 0 aromatic heterocycles. The number of amides is 1. The minimum absolute atomic E-state index is 0.225. The van der Waals surface area contributed by atoms with E-state index in [2.05, 4.69) is 10.1 Å². The maximum Gasteiger partial charge on any atom is 0.490 e. The van der Waals surface area contributed by atoms with Crippen LogP contribution in [0.1, 0.15) is 15.9 Å². The number of carbonyl (C=O) groups excluding carboxylic acids is 2. The Bertz CT molecular complexity index is 677. The van der Waals surface area contributed by atoms with Gasteiger partial charge in [-0.1, -0.05) is 12.1 Å². The van der Waals surface area contributed by atoms with Crippen LogP contribution in [0.15, 0.2) is 18.2 Å². The van der Waals surface area contributed by atoms with Gasteiger partial charge in [-0.25, -0.2) is 4.79 Å². The molecule has 3 rings (SSSR count). The molecule has 2 aliphatic rings. The van der Waals surface area contributed by atoms with Gasteiger partial charge in [-0.3, -0.25) is 10.1 Å². The van der Waals surface area contributed by atoms with Crippen molar-refractivity contribution in [1.29, 1.82) is 0 Å². The molecule has 1 aromatic rings. The fraction of sp³-hybridized carbons (Fsp3) is 0.467. The Morgan fingerprint density at radius 2 is 2.12 bits per heavy atom. The highest BCUT2D eigenvalue weighted by molar-refractivity contribution is 6.00. The molecule has 2 aliphatic heterocycles. The molecule has 130 valence electrons. The largest absolute Gasteiger partial charge is 0.496 e. The van der Waals surface area contributed by atoms with Crippen molar-refractivity contribution >= 4 is 11.9 Å². The molecule has 0 saturated carbocycles. The van der Waals surface area contributed by atoms with Gasteiger partial charge in [0.1, 0.15) is 5.75 Å². The van der Waals surface area contributed by atoms with E-state index in [0.29, 0.717) is 23.4 Å². The van der Waals surface area contributed by atoms with Crippen LogP contribution in [0.4, 0.5) is 13.2 Å². The lowest BCUT2D eigenvalue weighted by Gasteiger charge is -2.44. The van der Waals surface area contributed by atoms with Crippen molar-refractivity contribution in [3.05, 3.63) is 29.3 Å². The van der Waals surface area contributed by atoms with Gasteiger partial charge in [0.25, 0.3) is 5.91 Å². The molecular formula is C15H15F3N2O4. The Kier molecular flexibility index (Phi) is 4.12. The monoisotopic (exact) mass is 344 g/mol. The fourth-order valence-electron chi connectivity index (χ4n) is 3.09. The first kappa shape index (κ1) is 16.6. The first-order valence-electron chi connectivity index (χ1n) is 7.31. The number of nitrogens with zero attached hydrogens (tertiary/aromatic N) is 1. The Hall–Kier alpha value is -2.29. The van der Waals surface area contributed by atoms with Gasteiger partial charge in [0, 0.05) is 13.1 Å². The minimum atomic E-state index is -5.08. The molecule has 6 nitrogen and oxygen atoms in total. The Labute approximate surface area is 135 Å². The van der Waals surface area contributed by atoms with E-state index >= 15 is 0 Å². The average molecular weight is 344 g/mol. The summed E-state index contributed by atoms with van der Waals surface area (Å²) in [6.07, 6.45) is -6.03. The zero-order chi connectivity index (χ0) is 17.5. The van der Waals surface area contributed by atoms with Gasteiger partial charge in [0.05, 0.1) is 18.7 Å². The molecule has 1 N–H and O–H groups in total. The lowest BCUT2D eigenvalue weighted by atomic mass is 9.90. The number of benzene rings is 1. The summed E-state index contributed by atoms with van der Waals surface area (Å²) in [5.41, 5.74) is 1.05. The molecule has 1 fully saturated rings. The fourth-order valence-corrected chi connectivity index (χ4v) is 3.09.